The number of nitrogens with zero attached hydrogens (tertiary/aromatic N) is 3. The minimum atomic E-state index is -0.815. The van der Waals surface area contributed by atoms with Crippen molar-refractivity contribution in [2.45, 2.75) is 43.3 Å². The van der Waals surface area contributed by atoms with Crippen LogP contribution in [0.5, 0.6) is 0 Å². The van der Waals surface area contributed by atoms with Gasteiger partial charge >= 0.3 is 5.97 Å². The zero-order chi connectivity index (χ0) is 13.9. The van der Waals surface area contributed by atoms with Crippen LogP contribution in [0.15, 0.2) is 23.5 Å². The molecule has 5 nitrogen and oxygen atoms in total. The van der Waals surface area contributed by atoms with Crippen molar-refractivity contribution in [2.75, 3.05) is 5.75 Å². The number of thioether (sulfide) groups is 1. The smallest absolute Gasteiger partial charge is 0.313 e. The Morgan fingerprint density at radius 2 is 2.20 bits per heavy atom. The Hall–Kier alpha value is -1.56. The van der Waals surface area contributed by atoms with Crippen molar-refractivity contribution in [2.24, 2.45) is 0 Å². The second kappa shape index (κ2) is 5.83. The molecule has 1 aliphatic rings. The molecule has 20 heavy (non-hydrogen) atoms. The van der Waals surface area contributed by atoms with E-state index in [9.17, 15) is 4.79 Å². The molecule has 0 unspecified atom stereocenters. The van der Waals surface area contributed by atoms with Crippen LogP contribution < -0.4 is 0 Å². The molecule has 1 N–H and O–H groups in total. The number of aromatic nitrogens is 3. The Balaban J connectivity index is 2.00. The van der Waals surface area contributed by atoms with E-state index < -0.39 is 5.97 Å². The van der Waals surface area contributed by atoms with Gasteiger partial charge in [-0.15, -0.1) is 0 Å². The predicted octanol–water partition coefficient (Wildman–Crippen LogP) is 3.11. The Kier molecular flexibility index (Phi) is 3.91. The molecule has 0 aromatic carbocycles. The summed E-state index contributed by atoms with van der Waals surface area (Å²) in [4.78, 5) is 19.8. The lowest BCUT2D eigenvalue weighted by Crippen LogP contribution is -2.14. The monoisotopic (exact) mass is 291 g/mol. The molecular formula is C14H17N3O2S. The molecule has 0 aliphatic heterocycles. The SMILES string of the molecule is O=C(O)CSc1nc2cccnc2n1C1CCCCC1. The van der Waals surface area contributed by atoms with Gasteiger partial charge in [-0.25, -0.2) is 9.97 Å². The van der Waals surface area contributed by atoms with E-state index in [1.54, 1.807) is 6.20 Å². The lowest BCUT2D eigenvalue weighted by Gasteiger charge is -2.24. The molecule has 1 saturated carbocycles. The number of pyridine rings is 1. The number of imidazole rings is 1. The molecule has 1 aliphatic carbocycles. The van der Waals surface area contributed by atoms with Crippen LogP contribution in [0.1, 0.15) is 38.1 Å². The zero-order valence-electron chi connectivity index (χ0n) is 11.2. The molecule has 2 heterocycles. The van der Waals surface area contributed by atoms with Crippen molar-refractivity contribution in [1.29, 1.82) is 0 Å². The van der Waals surface area contributed by atoms with Crippen LogP contribution in [-0.4, -0.2) is 31.4 Å². The van der Waals surface area contributed by atoms with Crippen LogP contribution in [0.4, 0.5) is 0 Å². The van der Waals surface area contributed by atoms with E-state index in [1.807, 2.05) is 12.1 Å². The number of aliphatic carboxylic acids is 1. The fourth-order valence-electron chi connectivity index (χ4n) is 2.81. The lowest BCUT2D eigenvalue weighted by molar-refractivity contribution is -0.133. The summed E-state index contributed by atoms with van der Waals surface area (Å²) < 4.78 is 2.15. The third-order valence-corrected chi connectivity index (χ3v) is 4.62. The number of rotatable bonds is 4. The van der Waals surface area contributed by atoms with Gasteiger partial charge in [-0.3, -0.25) is 4.79 Å². The van der Waals surface area contributed by atoms with Gasteiger partial charge in [0.25, 0.3) is 0 Å². The Labute approximate surface area is 121 Å². The maximum atomic E-state index is 10.8. The first-order chi connectivity index (χ1) is 9.75. The number of carbonyl (C=O) groups is 1. The van der Waals surface area contributed by atoms with E-state index >= 15 is 0 Å². The molecule has 3 rings (SSSR count). The number of hydrogen-bond donors (Lipinski definition) is 1. The van der Waals surface area contributed by atoms with E-state index in [2.05, 4.69) is 14.5 Å². The van der Waals surface area contributed by atoms with Gasteiger partial charge in [-0.2, -0.15) is 0 Å². The topological polar surface area (TPSA) is 68.0 Å². The minimum absolute atomic E-state index is 0.0377. The van der Waals surface area contributed by atoms with Crippen LogP contribution in [0.2, 0.25) is 0 Å². The van der Waals surface area contributed by atoms with E-state index in [0.29, 0.717) is 6.04 Å². The average molecular weight is 291 g/mol. The molecular weight excluding hydrogens is 274 g/mol. The summed E-state index contributed by atoms with van der Waals surface area (Å²) in [5, 5.41) is 9.66. The first-order valence-corrected chi connectivity index (χ1v) is 7.92. The molecule has 0 bridgehead atoms. The predicted molar refractivity (Wildman–Crippen MR) is 78.0 cm³/mol. The van der Waals surface area contributed by atoms with E-state index in [1.165, 1.54) is 31.0 Å². The third-order valence-electron chi connectivity index (χ3n) is 3.68. The van der Waals surface area contributed by atoms with Gasteiger partial charge in [-0.1, -0.05) is 31.0 Å². The fraction of sp³-hybridized carbons (Fsp3) is 0.500. The van der Waals surface area contributed by atoms with Crippen molar-refractivity contribution in [3.05, 3.63) is 18.3 Å². The molecule has 0 amide bonds. The fourth-order valence-corrected chi connectivity index (χ4v) is 3.60. The zero-order valence-corrected chi connectivity index (χ0v) is 12.0. The maximum Gasteiger partial charge on any atom is 0.313 e. The minimum Gasteiger partial charge on any atom is -0.481 e. The molecule has 6 heteroatoms. The van der Waals surface area contributed by atoms with Crippen molar-refractivity contribution in [1.82, 2.24) is 14.5 Å². The van der Waals surface area contributed by atoms with Crippen molar-refractivity contribution >= 4 is 28.9 Å². The van der Waals surface area contributed by atoms with Crippen molar-refractivity contribution in [3.8, 4) is 0 Å². The molecule has 1 fully saturated rings. The highest BCUT2D eigenvalue weighted by atomic mass is 32.2. The third kappa shape index (κ3) is 2.65. The number of hydrogen-bond acceptors (Lipinski definition) is 4. The van der Waals surface area contributed by atoms with E-state index in [-0.39, 0.29) is 5.75 Å². The standard InChI is InChI=1S/C14H17N3O2S/c18-12(19)9-20-14-16-11-7-4-8-15-13(11)17(14)10-5-2-1-3-6-10/h4,7-8,10H,1-3,5-6,9H2,(H,18,19). The summed E-state index contributed by atoms with van der Waals surface area (Å²) >= 11 is 1.29. The van der Waals surface area contributed by atoms with Gasteiger partial charge in [-0.05, 0) is 25.0 Å². The number of carboxylic acids is 1. The van der Waals surface area contributed by atoms with Crippen LogP contribution in [0, 0.1) is 0 Å². The van der Waals surface area contributed by atoms with Gasteiger partial charge in [0, 0.05) is 12.2 Å². The summed E-state index contributed by atoms with van der Waals surface area (Å²) in [6.45, 7) is 0. The first-order valence-electron chi connectivity index (χ1n) is 6.93. The lowest BCUT2D eigenvalue weighted by atomic mass is 9.95. The second-order valence-corrected chi connectivity index (χ2v) is 6.03. The molecule has 0 spiro atoms. The average Bonchev–Trinajstić information content (AvgIpc) is 2.84. The summed E-state index contributed by atoms with van der Waals surface area (Å²) in [5.41, 5.74) is 1.73. The molecule has 0 atom stereocenters. The Bertz CT molecular complexity index is 620. The second-order valence-electron chi connectivity index (χ2n) is 5.08. The van der Waals surface area contributed by atoms with E-state index in [0.717, 1.165) is 29.2 Å². The van der Waals surface area contributed by atoms with E-state index in [4.69, 9.17) is 5.11 Å². The maximum absolute atomic E-state index is 10.8. The molecule has 0 saturated heterocycles. The Morgan fingerprint density at radius 3 is 2.95 bits per heavy atom. The highest BCUT2D eigenvalue weighted by Gasteiger charge is 2.22. The van der Waals surface area contributed by atoms with Crippen molar-refractivity contribution in [3.63, 3.8) is 0 Å². The summed E-state index contributed by atoms with van der Waals surface area (Å²) in [5.74, 6) is -0.777. The van der Waals surface area contributed by atoms with Gasteiger partial charge < -0.3 is 9.67 Å². The van der Waals surface area contributed by atoms with Crippen LogP contribution >= 0.6 is 11.8 Å². The van der Waals surface area contributed by atoms with Gasteiger partial charge in [0.2, 0.25) is 0 Å². The molecule has 2 aromatic heterocycles. The van der Waals surface area contributed by atoms with Gasteiger partial charge in [0.15, 0.2) is 10.8 Å². The van der Waals surface area contributed by atoms with Crippen LogP contribution in [0.25, 0.3) is 11.2 Å². The number of fused-ring (bicyclic) bond motifs is 1. The van der Waals surface area contributed by atoms with Gasteiger partial charge in [0.1, 0.15) is 5.52 Å². The molecule has 0 radical (unpaired) electrons. The summed E-state index contributed by atoms with van der Waals surface area (Å²) in [7, 11) is 0. The highest BCUT2D eigenvalue weighted by molar-refractivity contribution is 7.99. The highest BCUT2D eigenvalue weighted by Crippen LogP contribution is 2.34. The summed E-state index contributed by atoms with van der Waals surface area (Å²) in [6.07, 6.45) is 7.76. The number of carboxylic acid groups (broad SMARTS) is 1. The largest absolute Gasteiger partial charge is 0.481 e. The molecule has 2 aromatic rings. The first kappa shape index (κ1) is 13.4. The summed E-state index contributed by atoms with van der Waals surface area (Å²) in [6, 6.07) is 4.21. The van der Waals surface area contributed by atoms with Gasteiger partial charge in [0.05, 0.1) is 5.75 Å². The Morgan fingerprint density at radius 1 is 1.40 bits per heavy atom. The quantitative estimate of drug-likeness (QED) is 0.877. The van der Waals surface area contributed by atoms with Crippen LogP contribution in [0.3, 0.4) is 0 Å². The van der Waals surface area contributed by atoms with Crippen molar-refractivity contribution < 1.29 is 9.90 Å². The normalized spacial score (nSPS) is 16.6. The molecule has 106 valence electrons. The van der Waals surface area contributed by atoms with Crippen LogP contribution in [-0.2, 0) is 4.79 Å².